The van der Waals surface area contributed by atoms with E-state index in [0.29, 0.717) is 5.54 Å². The molecule has 0 unspecified atom stereocenters. The monoisotopic (exact) mass is 188 g/mol. The van der Waals surface area contributed by atoms with E-state index in [1.807, 2.05) is 0 Å². The van der Waals surface area contributed by atoms with Gasteiger partial charge in [0.05, 0.1) is 11.4 Å². The molecule has 0 atom stereocenters. The normalized spacial score (nSPS) is 21.8. The molecule has 0 bridgehead atoms. The summed E-state index contributed by atoms with van der Waals surface area (Å²) in [6, 6.07) is 6.46. The highest BCUT2D eigenvalue weighted by molar-refractivity contribution is 5.74. The van der Waals surface area contributed by atoms with Crippen molar-refractivity contribution in [2.75, 3.05) is 17.2 Å². The van der Waals surface area contributed by atoms with Gasteiger partial charge in [-0.05, 0) is 37.8 Å². The summed E-state index contributed by atoms with van der Waals surface area (Å²) in [5, 5.41) is 7.21. The molecule has 2 heteroatoms. The summed E-state index contributed by atoms with van der Waals surface area (Å²) < 4.78 is 0. The lowest BCUT2D eigenvalue weighted by Crippen LogP contribution is -2.21. The maximum atomic E-state index is 3.72. The van der Waals surface area contributed by atoms with Crippen molar-refractivity contribution in [3.63, 3.8) is 0 Å². The molecular formula is C12H16N2. The third kappa shape index (κ3) is 1.17. The molecule has 0 amide bonds. The molecule has 3 rings (SSSR count). The van der Waals surface area contributed by atoms with Gasteiger partial charge in [0.25, 0.3) is 0 Å². The van der Waals surface area contributed by atoms with Crippen molar-refractivity contribution in [2.24, 2.45) is 0 Å². The fourth-order valence-corrected chi connectivity index (χ4v) is 2.27. The van der Waals surface area contributed by atoms with Crippen LogP contribution in [0, 0.1) is 6.92 Å². The van der Waals surface area contributed by atoms with Crippen LogP contribution in [0.3, 0.4) is 0 Å². The van der Waals surface area contributed by atoms with Crippen LogP contribution >= 0.6 is 0 Å². The lowest BCUT2D eigenvalue weighted by Gasteiger charge is -2.17. The van der Waals surface area contributed by atoms with E-state index in [1.54, 1.807) is 0 Å². The van der Waals surface area contributed by atoms with Crippen LogP contribution in [0.2, 0.25) is 0 Å². The van der Waals surface area contributed by atoms with Crippen LogP contribution in [0.4, 0.5) is 11.4 Å². The molecule has 0 radical (unpaired) electrons. The van der Waals surface area contributed by atoms with Crippen LogP contribution in [0.5, 0.6) is 0 Å². The summed E-state index contributed by atoms with van der Waals surface area (Å²) in [7, 11) is 0. The molecule has 2 aliphatic rings. The maximum absolute atomic E-state index is 3.72. The zero-order valence-electron chi connectivity index (χ0n) is 8.56. The summed E-state index contributed by atoms with van der Waals surface area (Å²) in [5.74, 6) is 0. The lowest BCUT2D eigenvalue weighted by atomic mass is 10.1. The molecular weight excluding hydrogens is 172 g/mol. The van der Waals surface area contributed by atoms with Gasteiger partial charge in [0, 0.05) is 12.1 Å². The van der Waals surface area contributed by atoms with E-state index in [0.717, 1.165) is 6.54 Å². The second-order valence-electron chi connectivity index (χ2n) is 4.58. The van der Waals surface area contributed by atoms with Crippen LogP contribution < -0.4 is 10.6 Å². The molecule has 0 saturated heterocycles. The Morgan fingerprint density at radius 1 is 1.21 bits per heavy atom. The van der Waals surface area contributed by atoms with Crippen molar-refractivity contribution >= 4 is 11.4 Å². The summed E-state index contributed by atoms with van der Waals surface area (Å²) in [4.78, 5) is 0. The Hall–Kier alpha value is -1.18. The minimum atomic E-state index is 0.435. The summed E-state index contributed by atoms with van der Waals surface area (Å²) in [6.07, 6.45) is 3.92. The smallest absolute Gasteiger partial charge is 0.0609 e. The fraction of sp³-hybridized carbons (Fsp3) is 0.500. The van der Waals surface area contributed by atoms with Crippen molar-refractivity contribution < 1.29 is 0 Å². The minimum Gasteiger partial charge on any atom is -0.383 e. The molecule has 1 spiro atoms. The summed E-state index contributed by atoms with van der Waals surface area (Å²) >= 11 is 0. The highest BCUT2D eigenvalue weighted by Crippen LogP contribution is 2.45. The van der Waals surface area contributed by atoms with E-state index < -0.39 is 0 Å². The largest absolute Gasteiger partial charge is 0.383 e. The number of hydrogen-bond acceptors (Lipinski definition) is 2. The van der Waals surface area contributed by atoms with Gasteiger partial charge in [-0.1, -0.05) is 12.1 Å². The molecule has 1 aromatic carbocycles. The maximum Gasteiger partial charge on any atom is 0.0609 e. The van der Waals surface area contributed by atoms with Crippen molar-refractivity contribution in [1.82, 2.24) is 0 Å². The standard InChI is InChI=1S/C12H16N2/c1-9-3-2-4-10-11(9)14-12(5-6-12)7-8-13-10/h2-4,13-14H,5-8H2,1H3. The Morgan fingerprint density at radius 2 is 2.07 bits per heavy atom. The van der Waals surface area contributed by atoms with Crippen molar-refractivity contribution in [3.05, 3.63) is 23.8 Å². The Morgan fingerprint density at radius 3 is 2.86 bits per heavy atom. The highest BCUT2D eigenvalue weighted by Gasteiger charge is 2.43. The van der Waals surface area contributed by atoms with Crippen molar-refractivity contribution in [2.45, 2.75) is 31.7 Å². The third-order valence-corrected chi connectivity index (χ3v) is 3.44. The van der Waals surface area contributed by atoms with Gasteiger partial charge >= 0.3 is 0 Å². The molecule has 14 heavy (non-hydrogen) atoms. The number of hydrogen-bond donors (Lipinski definition) is 2. The zero-order chi connectivity index (χ0) is 9.60. The van der Waals surface area contributed by atoms with Gasteiger partial charge in [0.15, 0.2) is 0 Å². The van der Waals surface area contributed by atoms with Gasteiger partial charge < -0.3 is 10.6 Å². The number of para-hydroxylation sites is 1. The van der Waals surface area contributed by atoms with Crippen molar-refractivity contribution in [1.29, 1.82) is 0 Å². The molecule has 1 fully saturated rings. The van der Waals surface area contributed by atoms with Gasteiger partial charge in [-0.15, -0.1) is 0 Å². The number of aryl methyl sites for hydroxylation is 1. The first-order valence-corrected chi connectivity index (χ1v) is 5.41. The Balaban J connectivity index is 2.04. The van der Waals surface area contributed by atoms with E-state index in [4.69, 9.17) is 0 Å². The Bertz CT molecular complexity index is 367. The van der Waals surface area contributed by atoms with Crippen molar-refractivity contribution in [3.8, 4) is 0 Å². The third-order valence-electron chi connectivity index (χ3n) is 3.44. The van der Waals surface area contributed by atoms with E-state index in [2.05, 4.69) is 35.8 Å². The van der Waals surface area contributed by atoms with E-state index in [9.17, 15) is 0 Å². The van der Waals surface area contributed by atoms with E-state index >= 15 is 0 Å². The quantitative estimate of drug-likeness (QED) is 0.654. The Kier molecular flexibility index (Phi) is 1.55. The molecule has 0 aromatic heterocycles. The zero-order valence-corrected chi connectivity index (χ0v) is 8.56. The van der Waals surface area contributed by atoms with Crippen LogP contribution in [0.15, 0.2) is 18.2 Å². The topological polar surface area (TPSA) is 24.1 Å². The predicted octanol–water partition coefficient (Wildman–Crippen LogP) is 2.76. The first kappa shape index (κ1) is 8.16. The Labute approximate surface area is 84.7 Å². The molecule has 1 aromatic rings. The second kappa shape index (κ2) is 2.66. The van der Waals surface area contributed by atoms with Crippen LogP contribution in [-0.4, -0.2) is 12.1 Å². The molecule has 74 valence electrons. The van der Waals surface area contributed by atoms with Crippen LogP contribution in [0.1, 0.15) is 24.8 Å². The first-order valence-electron chi connectivity index (χ1n) is 5.41. The van der Waals surface area contributed by atoms with Gasteiger partial charge in [0.2, 0.25) is 0 Å². The predicted molar refractivity (Wildman–Crippen MR) is 59.9 cm³/mol. The van der Waals surface area contributed by atoms with Gasteiger partial charge in [-0.3, -0.25) is 0 Å². The van der Waals surface area contributed by atoms with Crippen LogP contribution in [0.25, 0.3) is 0 Å². The lowest BCUT2D eigenvalue weighted by molar-refractivity contribution is 0.687. The number of nitrogens with one attached hydrogen (secondary N) is 2. The van der Waals surface area contributed by atoms with E-state index in [-0.39, 0.29) is 0 Å². The molecule has 1 aliphatic carbocycles. The molecule has 1 heterocycles. The molecule has 1 aliphatic heterocycles. The fourth-order valence-electron chi connectivity index (χ4n) is 2.27. The second-order valence-corrected chi connectivity index (χ2v) is 4.58. The molecule has 1 saturated carbocycles. The SMILES string of the molecule is Cc1cccc2c1NC1(CCN2)CC1. The van der Waals surface area contributed by atoms with E-state index in [1.165, 1.54) is 36.2 Å². The average molecular weight is 188 g/mol. The summed E-state index contributed by atoms with van der Waals surface area (Å²) in [6.45, 7) is 3.28. The molecule has 2 nitrogen and oxygen atoms in total. The number of anilines is 2. The van der Waals surface area contributed by atoms with Gasteiger partial charge in [-0.2, -0.15) is 0 Å². The number of fused-ring (bicyclic) bond motifs is 1. The molecule has 2 N–H and O–H groups in total. The van der Waals surface area contributed by atoms with Gasteiger partial charge in [-0.25, -0.2) is 0 Å². The van der Waals surface area contributed by atoms with Gasteiger partial charge in [0.1, 0.15) is 0 Å². The average Bonchev–Trinajstić information content (AvgIpc) is 2.94. The van der Waals surface area contributed by atoms with Crippen LogP contribution in [-0.2, 0) is 0 Å². The minimum absolute atomic E-state index is 0.435. The number of rotatable bonds is 0. The summed E-state index contributed by atoms with van der Waals surface area (Å²) in [5.41, 5.74) is 4.38. The number of benzene rings is 1. The highest BCUT2D eigenvalue weighted by atomic mass is 15.1. The first-order chi connectivity index (χ1) is 6.79.